The molecule has 0 radical (unpaired) electrons. The first kappa shape index (κ1) is 13.9. The SMILES string of the molecule is N#Cc1c(Nc2ccc(Cl)cc2)n[nH]c1/N=C/c1ccc[nH]1. The predicted molar refractivity (Wildman–Crippen MR) is 86.1 cm³/mol. The summed E-state index contributed by atoms with van der Waals surface area (Å²) in [6.07, 6.45) is 3.42. The van der Waals surface area contributed by atoms with E-state index >= 15 is 0 Å². The van der Waals surface area contributed by atoms with E-state index in [1.165, 1.54) is 0 Å². The van der Waals surface area contributed by atoms with Crippen LogP contribution in [0.3, 0.4) is 0 Å². The van der Waals surface area contributed by atoms with E-state index in [0.29, 0.717) is 22.2 Å². The molecule has 0 saturated heterocycles. The number of rotatable bonds is 4. The molecule has 0 aliphatic carbocycles. The molecule has 0 unspecified atom stereocenters. The summed E-state index contributed by atoms with van der Waals surface area (Å²) in [6.45, 7) is 0. The second kappa shape index (κ2) is 6.16. The van der Waals surface area contributed by atoms with Crippen LogP contribution in [0, 0.1) is 11.3 Å². The smallest absolute Gasteiger partial charge is 0.172 e. The molecule has 6 nitrogen and oxygen atoms in total. The Balaban J connectivity index is 1.84. The van der Waals surface area contributed by atoms with Gasteiger partial charge in [0, 0.05) is 16.9 Å². The Hall–Kier alpha value is -3.04. The van der Waals surface area contributed by atoms with Gasteiger partial charge >= 0.3 is 0 Å². The van der Waals surface area contributed by atoms with Crippen LogP contribution in [-0.4, -0.2) is 21.4 Å². The zero-order valence-electron chi connectivity index (χ0n) is 11.3. The van der Waals surface area contributed by atoms with Gasteiger partial charge in [0.2, 0.25) is 0 Å². The summed E-state index contributed by atoms with van der Waals surface area (Å²) in [7, 11) is 0. The fourth-order valence-electron chi connectivity index (χ4n) is 1.85. The third-order valence-electron chi connectivity index (χ3n) is 2.92. The van der Waals surface area contributed by atoms with Gasteiger partial charge in [-0.1, -0.05) is 11.6 Å². The van der Waals surface area contributed by atoms with E-state index in [-0.39, 0.29) is 0 Å². The van der Waals surface area contributed by atoms with Gasteiger partial charge in [-0.25, -0.2) is 4.99 Å². The fourth-order valence-corrected chi connectivity index (χ4v) is 1.98. The number of anilines is 2. The topological polar surface area (TPSA) is 92.7 Å². The molecule has 0 atom stereocenters. The quantitative estimate of drug-likeness (QED) is 0.640. The molecule has 1 aromatic carbocycles. The van der Waals surface area contributed by atoms with Crippen LogP contribution < -0.4 is 5.32 Å². The van der Waals surface area contributed by atoms with Crippen LogP contribution in [-0.2, 0) is 0 Å². The van der Waals surface area contributed by atoms with Crippen molar-refractivity contribution in [3.63, 3.8) is 0 Å². The highest BCUT2D eigenvalue weighted by Gasteiger charge is 2.12. The molecule has 0 bridgehead atoms. The summed E-state index contributed by atoms with van der Waals surface area (Å²) < 4.78 is 0. The molecular formula is C15H11ClN6. The van der Waals surface area contributed by atoms with Gasteiger partial charge in [-0.3, -0.25) is 5.10 Å². The third kappa shape index (κ3) is 3.00. The number of nitrogens with zero attached hydrogens (tertiary/aromatic N) is 3. The summed E-state index contributed by atoms with van der Waals surface area (Å²) >= 11 is 5.84. The van der Waals surface area contributed by atoms with Crippen molar-refractivity contribution in [2.24, 2.45) is 4.99 Å². The second-order valence-corrected chi connectivity index (χ2v) is 4.86. The highest BCUT2D eigenvalue weighted by Crippen LogP contribution is 2.26. The molecule has 2 heterocycles. The maximum atomic E-state index is 9.31. The van der Waals surface area contributed by atoms with Crippen molar-refractivity contribution in [2.75, 3.05) is 5.32 Å². The summed E-state index contributed by atoms with van der Waals surface area (Å²) in [4.78, 5) is 7.24. The lowest BCUT2D eigenvalue weighted by Gasteiger charge is -2.02. The molecule has 0 spiro atoms. The van der Waals surface area contributed by atoms with Crippen LogP contribution in [0.2, 0.25) is 5.02 Å². The van der Waals surface area contributed by atoms with Crippen LogP contribution >= 0.6 is 11.6 Å². The van der Waals surface area contributed by atoms with E-state index in [1.54, 1.807) is 36.7 Å². The molecule has 0 aliphatic rings. The molecule has 0 aliphatic heterocycles. The maximum Gasteiger partial charge on any atom is 0.172 e. The third-order valence-corrected chi connectivity index (χ3v) is 3.17. The number of benzene rings is 1. The molecule has 0 fully saturated rings. The van der Waals surface area contributed by atoms with Gasteiger partial charge in [0.1, 0.15) is 11.6 Å². The monoisotopic (exact) mass is 310 g/mol. The van der Waals surface area contributed by atoms with Crippen LogP contribution in [0.1, 0.15) is 11.3 Å². The summed E-state index contributed by atoms with van der Waals surface area (Å²) in [5.41, 5.74) is 1.97. The van der Waals surface area contributed by atoms with E-state index < -0.39 is 0 Å². The highest BCUT2D eigenvalue weighted by atomic mass is 35.5. The molecule has 22 heavy (non-hydrogen) atoms. The summed E-state index contributed by atoms with van der Waals surface area (Å²) in [6, 6.07) is 13.0. The van der Waals surface area contributed by atoms with E-state index in [1.807, 2.05) is 12.1 Å². The minimum absolute atomic E-state index is 0.345. The number of halogens is 1. The van der Waals surface area contributed by atoms with E-state index in [4.69, 9.17) is 11.6 Å². The Kier molecular flexibility index (Phi) is 3.90. The Labute approximate surface area is 131 Å². The first-order chi connectivity index (χ1) is 10.8. The number of nitrogens with one attached hydrogen (secondary N) is 3. The number of aliphatic imine (C=N–C) groups is 1. The zero-order valence-corrected chi connectivity index (χ0v) is 12.1. The van der Waals surface area contributed by atoms with Crippen molar-refractivity contribution in [3.05, 3.63) is 58.9 Å². The lowest BCUT2D eigenvalue weighted by atomic mass is 10.3. The number of H-pyrrole nitrogens is 2. The predicted octanol–water partition coefficient (Wildman–Crippen LogP) is 3.76. The molecule has 0 amide bonds. The van der Waals surface area contributed by atoms with Crippen LogP contribution in [0.15, 0.2) is 47.6 Å². The Morgan fingerprint density at radius 2 is 2.09 bits per heavy atom. The van der Waals surface area contributed by atoms with E-state index in [2.05, 4.69) is 31.6 Å². The average molecular weight is 311 g/mol. The largest absolute Gasteiger partial charge is 0.360 e. The Morgan fingerprint density at radius 3 is 2.77 bits per heavy atom. The van der Waals surface area contributed by atoms with Crippen LogP contribution in [0.5, 0.6) is 0 Å². The Bertz CT molecular complexity index is 824. The molecular weight excluding hydrogens is 300 g/mol. The normalized spacial score (nSPS) is 10.7. The summed E-state index contributed by atoms with van der Waals surface area (Å²) in [5, 5.41) is 19.9. The fraction of sp³-hybridized carbons (Fsp3) is 0. The lowest BCUT2D eigenvalue weighted by Crippen LogP contribution is -1.92. The standard InChI is InChI=1S/C15H11ClN6/c16-10-3-5-11(6-4-10)20-15-13(8-17)14(21-22-15)19-9-12-2-1-7-18-12/h1-7,9,18H,(H2,20,21,22)/b19-9+. The van der Waals surface area contributed by atoms with Gasteiger partial charge in [-0.05, 0) is 36.4 Å². The summed E-state index contributed by atoms with van der Waals surface area (Å²) in [5.74, 6) is 0.817. The van der Waals surface area contributed by atoms with Crippen molar-refractivity contribution < 1.29 is 0 Å². The van der Waals surface area contributed by atoms with Gasteiger partial charge < -0.3 is 10.3 Å². The second-order valence-electron chi connectivity index (χ2n) is 4.42. The van der Waals surface area contributed by atoms with Gasteiger partial charge in [0.15, 0.2) is 11.6 Å². The van der Waals surface area contributed by atoms with E-state index in [0.717, 1.165) is 11.4 Å². The molecule has 2 aromatic heterocycles. The maximum absolute atomic E-state index is 9.31. The van der Waals surface area contributed by atoms with Crippen LogP contribution in [0.4, 0.5) is 17.3 Å². The molecule has 0 saturated carbocycles. The van der Waals surface area contributed by atoms with Gasteiger partial charge in [-0.2, -0.15) is 10.4 Å². The average Bonchev–Trinajstić information content (AvgIpc) is 3.17. The highest BCUT2D eigenvalue weighted by molar-refractivity contribution is 6.30. The number of hydrogen-bond donors (Lipinski definition) is 3. The lowest BCUT2D eigenvalue weighted by molar-refractivity contribution is 1.09. The van der Waals surface area contributed by atoms with Gasteiger partial charge in [-0.15, -0.1) is 0 Å². The number of hydrogen-bond acceptors (Lipinski definition) is 4. The van der Waals surface area contributed by atoms with Crippen molar-refractivity contribution in [1.82, 2.24) is 15.2 Å². The van der Waals surface area contributed by atoms with Gasteiger partial charge in [0.05, 0.1) is 11.9 Å². The zero-order chi connectivity index (χ0) is 15.4. The van der Waals surface area contributed by atoms with Crippen LogP contribution in [0.25, 0.3) is 0 Å². The molecule has 108 valence electrons. The molecule has 3 aromatic rings. The first-order valence-corrected chi connectivity index (χ1v) is 6.82. The number of aromatic nitrogens is 3. The Morgan fingerprint density at radius 1 is 1.27 bits per heavy atom. The number of aromatic amines is 2. The van der Waals surface area contributed by atoms with Crippen molar-refractivity contribution in [1.29, 1.82) is 5.26 Å². The minimum Gasteiger partial charge on any atom is -0.360 e. The molecule has 3 N–H and O–H groups in total. The van der Waals surface area contributed by atoms with E-state index in [9.17, 15) is 5.26 Å². The minimum atomic E-state index is 0.345. The molecule has 7 heteroatoms. The number of nitriles is 1. The molecule has 3 rings (SSSR count). The van der Waals surface area contributed by atoms with Crippen molar-refractivity contribution >= 4 is 35.1 Å². The first-order valence-electron chi connectivity index (χ1n) is 6.45. The van der Waals surface area contributed by atoms with Crippen molar-refractivity contribution in [3.8, 4) is 6.07 Å². The van der Waals surface area contributed by atoms with Gasteiger partial charge in [0.25, 0.3) is 0 Å². The van der Waals surface area contributed by atoms with Crippen molar-refractivity contribution in [2.45, 2.75) is 0 Å².